The number of nitrogens with zero attached hydrogens (tertiary/aromatic N) is 1. The maximum absolute atomic E-state index is 12.6. The number of amides is 2. The highest BCUT2D eigenvalue weighted by Crippen LogP contribution is 2.25. The number of ether oxygens (including phenoxy) is 1. The second-order valence-corrected chi connectivity index (χ2v) is 6.06. The maximum atomic E-state index is 12.6. The van der Waals surface area contributed by atoms with Crippen LogP contribution in [-0.4, -0.2) is 36.1 Å². The van der Waals surface area contributed by atoms with E-state index in [1.807, 2.05) is 0 Å². The first kappa shape index (κ1) is 17.6. The van der Waals surface area contributed by atoms with Gasteiger partial charge in [0, 0.05) is 23.3 Å². The SMILES string of the molecule is CCOC(=O)CCN(C(=O)Nc1cccc(Cl)c1)C1CCCC1. The molecule has 0 aromatic heterocycles. The molecule has 2 amide bonds. The van der Waals surface area contributed by atoms with Gasteiger partial charge in [-0.05, 0) is 38.0 Å². The Hall–Kier alpha value is -1.75. The molecule has 1 aromatic carbocycles. The number of anilines is 1. The number of hydrogen-bond acceptors (Lipinski definition) is 3. The van der Waals surface area contributed by atoms with Gasteiger partial charge in [-0.15, -0.1) is 0 Å². The topological polar surface area (TPSA) is 58.6 Å². The molecule has 0 bridgehead atoms. The van der Waals surface area contributed by atoms with Gasteiger partial charge in [-0.3, -0.25) is 4.79 Å². The summed E-state index contributed by atoms with van der Waals surface area (Å²) >= 11 is 5.95. The molecule has 1 aromatic rings. The molecule has 1 N–H and O–H groups in total. The fourth-order valence-electron chi connectivity index (χ4n) is 2.87. The lowest BCUT2D eigenvalue weighted by Crippen LogP contribution is -2.43. The summed E-state index contributed by atoms with van der Waals surface area (Å²) in [6.45, 7) is 2.51. The average molecular weight is 339 g/mol. The average Bonchev–Trinajstić information content (AvgIpc) is 3.02. The highest BCUT2D eigenvalue weighted by atomic mass is 35.5. The van der Waals surface area contributed by atoms with Crippen LogP contribution in [0.5, 0.6) is 0 Å². The zero-order valence-corrected chi connectivity index (χ0v) is 14.1. The summed E-state index contributed by atoms with van der Waals surface area (Å²) in [5.74, 6) is -0.272. The number of halogens is 1. The Kier molecular flexibility index (Phi) is 6.71. The third-order valence-corrected chi connectivity index (χ3v) is 4.20. The van der Waals surface area contributed by atoms with Crippen LogP contribution in [0.3, 0.4) is 0 Å². The van der Waals surface area contributed by atoms with Crippen molar-refractivity contribution in [3.8, 4) is 0 Å². The van der Waals surface area contributed by atoms with E-state index in [9.17, 15) is 9.59 Å². The summed E-state index contributed by atoms with van der Waals surface area (Å²) in [4.78, 5) is 25.9. The molecule has 23 heavy (non-hydrogen) atoms. The van der Waals surface area contributed by atoms with E-state index in [2.05, 4.69) is 5.32 Å². The lowest BCUT2D eigenvalue weighted by atomic mass is 10.2. The van der Waals surface area contributed by atoms with Gasteiger partial charge in [-0.25, -0.2) is 4.79 Å². The Morgan fingerprint density at radius 1 is 1.35 bits per heavy atom. The maximum Gasteiger partial charge on any atom is 0.322 e. The van der Waals surface area contributed by atoms with Gasteiger partial charge in [0.05, 0.1) is 13.0 Å². The van der Waals surface area contributed by atoms with E-state index in [0.29, 0.717) is 23.9 Å². The van der Waals surface area contributed by atoms with E-state index in [1.165, 1.54) is 0 Å². The summed E-state index contributed by atoms with van der Waals surface area (Å²) in [5, 5.41) is 3.44. The number of nitrogens with one attached hydrogen (secondary N) is 1. The van der Waals surface area contributed by atoms with Crippen LogP contribution in [0.15, 0.2) is 24.3 Å². The van der Waals surface area contributed by atoms with E-state index in [1.54, 1.807) is 36.1 Å². The second-order valence-electron chi connectivity index (χ2n) is 5.63. The van der Waals surface area contributed by atoms with Gasteiger partial charge >= 0.3 is 12.0 Å². The molecule has 0 unspecified atom stereocenters. The van der Waals surface area contributed by atoms with Crippen molar-refractivity contribution in [2.24, 2.45) is 0 Å². The number of benzene rings is 1. The standard InChI is InChI=1S/C17H23ClN2O3/c1-2-23-16(21)10-11-20(15-8-3-4-9-15)17(22)19-14-7-5-6-13(18)12-14/h5-7,12,15H,2-4,8-11H2,1H3,(H,19,22). The van der Waals surface area contributed by atoms with E-state index in [0.717, 1.165) is 25.7 Å². The molecule has 1 aliphatic carbocycles. The van der Waals surface area contributed by atoms with Crippen molar-refractivity contribution in [1.82, 2.24) is 4.90 Å². The predicted octanol–water partition coefficient (Wildman–Crippen LogP) is 4.07. The van der Waals surface area contributed by atoms with Gasteiger partial charge in [0.2, 0.25) is 0 Å². The van der Waals surface area contributed by atoms with Gasteiger partial charge < -0.3 is 15.0 Å². The minimum absolute atomic E-state index is 0.184. The predicted molar refractivity (Wildman–Crippen MR) is 90.7 cm³/mol. The normalized spacial score (nSPS) is 14.5. The molecule has 0 radical (unpaired) electrons. The highest BCUT2D eigenvalue weighted by Gasteiger charge is 2.27. The first-order valence-electron chi connectivity index (χ1n) is 8.09. The number of esters is 1. The molecule has 0 heterocycles. The van der Waals surface area contributed by atoms with Crippen LogP contribution < -0.4 is 5.32 Å². The van der Waals surface area contributed by atoms with Crippen molar-refractivity contribution in [2.45, 2.75) is 45.1 Å². The Balaban J connectivity index is 2.00. The Morgan fingerprint density at radius 3 is 2.74 bits per heavy atom. The van der Waals surface area contributed by atoms with Crippen molar-refractivity contribution in [3.63, 3.8) is 0 Å². The van der Waals surface area contributed by atoms with Crippen LogP contribution in [0.1, 0.15) is 39.0 Å². The lowest BCUT2D eigenvalue weighted by Gasteiger charge is -2.29. The fourth-order valence-corrected chi connectivity index (χ4v) is 3.06. The summed E-state index contributed by atoms with van der Waals surface area (Å²) in [7, 11) is 0. The van der Waals surface area contributed by atoms with Gasteiger partial charge in [-0.1, -0.05) is 30.5 Å². The summed E-state index contributed by atoms with van der Waals surface area (Å²) < 4.78 is 4.95. The van der Waals surface area contributed by atoms with E-state index >= 15 is 0 Å². The van der Waals surface area contributed by atoms with Crippen molar-refractivity contribution in [2.75, 3.05) is 18.5 Å². The van der Waals surface area contributed by atoms with E-state index in [4.69, 9.17) is 16.3 Å². The molecule has 0 atom stereocenters. The first-order valence-corrected chi connectivity index (χ1v) is 8.46. The molecular weight excluding hydrogens is 316 g/mol. The molecule has 1 aliphatic rings. The number of urea groups is 1. The summed E-state index contributed by atoms with van der Waals surface area (Å²) in [5.41, 5.74) is 0.654. The summed E-state index contributed by atoms with van der Waals surface area (Å²) in [6.07, 6.45) is 4.40. The van der Waals surface area contributed by atoms with Gasteiger partial charge in [0.25, 0.3) is 0 Å². The number of carbonyl (C=O) groups excluding carboxylic acids is 2. The monoisotopic (exact) mass is 338 g/mol. The van der Waals surface area contributed by atoms with Crippen LogP contribution in [0.2, 0.25) is 5.02 Å². The Labute approximate surface area is 141 Å². The molecule has 5 nitrogen and oxygen atoms in total. The second kappa shape index (κ2) is 8.77. The van der Waals surface area contributed by atoms with Crippen LogP contribution in [0.25, 0.3) is 0 Å². The van der Waals surface area contributed by atoms with Gasteiger partial charge in [-0.2, -0.15) is 0 Å². The van der Waals surface area contributed by atoms with Gasteiger partial charge in [0.15, 0.2) is 0 Å². The van der Waals surface area contributed by atoms with Crippen molar-refractivity contribution in [1.29, 1.82) is 0 Å². The molecule has 0 saturated heterocycles. The first-order chi connectivity index (χ1) is 11.1. The zero-order chi connectivity index (χ0) is 16.7. The molecule has 6 heteroatoms. The fraction of sp³-hybridized carbons (Fsp3) is 0.529. The van der Waals surface area contributed by atoms with Crippen LogP contribution >= 0.6 is 11.6 Å². The molecule has 1 saturated carbocycles. The molecule has 0 spiro atoms. The molecule has 126 valence electrons. The largest absolute Gasteiger partial charge is 0.466 e. The zero-order valence-electron chi connectivity index (χ0n) is 13.4. The van der Waals surface area contributed by atoms with Gasteiger partial charge in [0.1, 0.15) is 0 Å². The lowest BCUT2D eigenvalue weighted by molar-refractivity contribution is -0.143. The molecular formula is C17H23ClN2O3. The van der Waals surface area contributed by atoms with Crippen LogP contribution in [0.4, 0.5) is 10.5 Å². The van der Waals surface area contributed by atoms with E-state index < -0.39 is 0 Å². The van der Waals surface area contributed by atoms with Crippen LogP contribution in [-0.2, 0) is 9.53 Å². The Morgan fingerprint density at radius 2 is 2.09 bits per heavy atom. The third-order valence-electron chi connectivity index (χ3n) is 3.96. The minimum Gasteiger partial charge on any atom is -0.466 e. The highest BCUT2D eigenvalue weighted by molar-refractivity contribution is 6.30. The Bertz CT molecular complexity index is 544. The molecule has 1 fully saturated rings. The number of hydrogen-bond donors (Lipinski definition) is 1. The van der Waals surface area contributed by atoms with Crippen LogP contribution in [0, 0.1) is 0 Å². The number of rotatable bonds is 6. The van der Waals surface area contributed by atoms with Crippen molar-refractivity contribution >= 4 is 29.3 Å². The summed E-state index contributed by atoms with van der Waals surface area (Å²) in [6, 6.07) is 7.04. The minimum atomic E-state index is -0.272. The quantitative estimate of drug-likeness (QED) is 0.795. The third kappa shape index (κ3) is 5.43. The van der Waals surface area contributed by atoms with Crippen molar-refractivity contribution < 1.29 is 14.3 Å². The smallest absolute Gasteiger partial charge is 0.322 e. The molecule has 0 aliphatic heterocycles. The van der Waals surface area contributed by atoms with E-state index in [-0.39, 0.29) is 24.5 Å². The molecule has 2 rings (SSSR count). The van der Waals surface area contributed by atoms with Crippen molar-refractivity contribution in [3.05, 3.63) is 29.3 Å². The number of carbonyl (C=O) groups is 2.